The van der Waals surface area contributed by atoms with Gasteiger partial charge in [-0.3, -0.25) is 4.72 Å². The van der Waals surface area contributed by atoms with Crippen LogP contribution in [0.2, 0.25) is 0 Å². The molecule has 0 radical (unpaired) electrons. The molecule has 1 atom stereocenters. The zero-order valence-corrected chi connectivity index (χ0v) is 17.8. The van der Waals surface area contributed by atoms with Gasteiger partial charge < -0.3 is 15.0 Å². The van der Waals surface area contributed by atoms with Gasteiger partial charge in [0.25, 0.3) is 10.0 Å². The van der Waals surface area contributed by atoms with Crippen LogP contribution in [0.5, 0.6) is 0 Å². The molecule has 0 aromatic heterocycles. The normalized spacial score (nSPS) is 17.0. The third kappa shape index (κ3) is 4.25. The van der Waals surface area contributed by atoms with Crippen molar-refractivity contribution in [1.29, 1.82) is 0 Å². The average Bonchev–Trinajstić information content (AvgIpc) is 2.72. The minimum Gasteiger partial charge on any atom is -0.466 e. The predicted molar refractivity (Wildman–Crippen MR) is 115 cm³/mol. The molecule has 0 amide bonds. The van der Waals surface area contributed by atoms with Crippen LogP contribution in [-0.2, 0) is 19.6 Å². The maximum Gasteiger partial charge on any atom is 0.337 e. The standard InChI is InChI=1S/C20H21N3O4S2/c1-13-17(19(24)27-3)18(21-20(28)23(13)2)14-9-11-15(12-10-14)22-29(25,26)16-7-5-4-6-8-16/h4-12,18,22H,1-3H3,(H,21,28)/t18-/m1/s1. The van der Waals surface area contributed by atoms with Crippen LogP contribution in [0.15, 0.2) is 70.8 Å². The smallest absolute Gasteiger partial charge is 0.337 e. The summed E-state index contributed by atoms with van der Waals surface area (Å²) in [4.78, 5) is 14.2. The predicted octanol–water partition coefficient (Wildman–Crippen LogP) is 2.80. The fourth-order valence-corrected chi connectivity index (χ4v) is 4.35. The van der Waals surface area contributed by atoms with E-state index in [1.165, 1.54) is 19.2 Å². The molecule has 3 rings (SSSR count). The molecule has 152 valence electrons. The monoisotopic (exact) mass is 431 g/mol. The van der Waals surface area contributed by atoms with Gasteiger partial charge in [0.1, 0.15) is 0 Å². The van der Waals surface area contributed by atoms with E-state index in [4.69, 9.17) is 17.0 Å². The fraction of sp³-hybridized carbons (Fsp3) is 0.200. The Morgan fingerprint density at radius 2 is 1.76 bits per heavy atom. The van der Waals surface area contributed by atoms with Crippen molar-refractivity contribution in [3.63, 3.8) is 0 Å². The second-order valence-electron chi connectivity index (χ2n) is 6.47. The Hall–Kier alpha value is -2.91. The molecule has 2 N–H and O–H groups in total. The Kier molecular flexibility index (Phi) is 5.90. The van der Waals surface area contributed by atoms with Gasteiger partial charge in [0.2, 0.25) is 0 Å². The molecule has 7 nitrogen and oxygen atoms in total. The summed E-state index contributed by atoms with van der Waals surface area (Å²) in [6.45, 7) is 1.80. The molecule has 1 aliphatic heterocycles. The van der Waals surface area contributed by atoms with E-state index in [0.29, 0.717) is 22.1 Å². The van der Waals surface area contributed by atoms with Crippen LogP contribution >= 0.6 is 12.2 Å². The Morgan fingerprint density at radius 1 is 1.14 bits per heavy atom. The summed E-state index contributed by atoms with van der Waals surface area (Å²) in [7, 11) is -0.584. The van der Waals surface area contributed by atoms with Crippen LogP contribution < -0.4 is 10.0 Å². The molecule has 29 heavy (non-hydrogen) atoms. The highest BCUT2D eigenvalue weighted by atomic mass is 32.2. The van der Waals surface area contributed by atoms with Gasteiger partial charge >= 0.3 is 5.97 Å². The Bertz CT molecular complexity index is 1060. The number of methoxy groups -OCH3 is 1. The number of carbonyl (C=O) groups is 1. The molecule has 2 aromatic carbocycles. The van der Waals surface area contributed by atoms with Crippen molar-refractivity contribution in [3.8, 4) is 0 Å². The van der Waals surface area contributed by atoms with Crippen LogP contribution in [0.25, 0.3) is 0 Å². The van der Waals surface area contributed by atoms with Crippen LogP contribution in [0, 0.1) is 0 Å². The van der Waals surface area contributed by atoms with Crippen molar-refractivity contribution in [2.75, 3.05) is 18.9 Å². The largest absolute Gasteiger partial charge is 0.466 e. The van der Waals surface area contributed by atoms with Crippen LogP contribution in [0.4, 0.5) is 5.69 Å². The van der Waals surface area contributed by atoms with Crippen molar-refractivity contribution >= 4 is 39.0 Å². The number of ether oxygens (including phenoxy) is 1. The lowest BCUT2D eigenvalue weighted by Gasteiger charge is -2.35. The zero-order valence-electron chi connectivity index (χ0n) is 16.2. The molecule has 0 saturated carbocycles. The van der Waals surface area contributed by atoms with E-state index in [2.05, 4.69) is 10.0 Å². The molecule has 2 aromatic rings. The molecule has 1 aliphatic rings. The number of hydrogen-bond acceptors (Lipinski definition) is 5. The van der Waals surface area contributed by atoms with Gasteiger partial charge in [-0.05, 0) is 49.0 Å². The third-order valence-electron chi connectivity index (χ3n) is 4.71. The lowest BCUT2D eigenvalue weighted by atomic mass is 9.95. The highest BCUT2D eigenvalue weighted by molar-refractivity contribution is 7.92. The summed E-state index contributed by atoms with van der Waals surface area (Å²) in [5.41, 5.74) is 2.30. The number of thiocarbonyl (C=S) groups is 1. The highest BCUT2D eigenvalue weighted by Gasteiger charge is 2.33. The number of hydrogen-bond donors (Lipinski definition) is 2. The average molecular weight is 432 g/mol. The van der Waals surface area contributed by atoms with Gasteiger partial charge in [0, 0.05) is 18.4 Å². The van der Waals surface area contributed by atoms with Crippen molar-refractivity contribution in [2.45, 2.75) is 17.9 Å². The summed E-state index contributed by atoms with van der Waals surface area (Å²) in [5.74, 6) is -0.455. The van der Waals surface area contributed by atoms with E-state index < -0.39 is 22.0 Å². The molecular formula is C20H21N3O4S2. The van der Waals surface area contributed by atoms with Gasteiger partial charge in [-0.25, -0.2) is 13.2 Å². The van der Waals surface area contributed by atoms with Crippen molar-refractivity contribution in [2.24, 2.45) is 0 Å². The second-order valence-corrected chi connectivity index (χ2v) is 8.54. The molecule has 0 spiro atoms. The quantitative estimate of drug-likeness (QED) is 0.556. The zero-order chi connectivity index (χ0) is 21.2. The Balaban J connectivity index is 1.89. The SMILES string of the molecule is COC(=O)C1=C(C)N(C)C(=S)N[C@@H]1c1ccc(NS(=O)(=O)c2ccccc2)cc1. The third-order valence-corrected chi connectivity index (χ3v) is 6.50. The number of nitrogens with one attached hydrogen (secondary N) is 2. The van der Waals surface area contributed by atoms with Gasteiger partial charge in [-0.1, -0.05) is 30.3 Å². The summed E-state index contributed by atoms with van der Waals surface area (Å²) in [5, 5.41) is 3.61. The number of carbonyl (C=O) groups excluding carboxylic acids is 1. The molecule has 9 heteroatoms. The summed E-state index contributed by atoms with van der Waals surface area (Å²) in [6, 6.07) is 14.4. The molecule has 0 unspecified atom stereocenters. The lowest BCUT2D eigenvalue weighted by Crippen LogP contribution is -2.46. The van der Waals surface area contributed by atoms with E-state index in [1.54, 1.807) is 61.3 Å². The number of nitrogens with zero attached hydrogens (tertiary/aromatic N) is 1. The van der Waals surface area contributed by atoms with Gasteiger partial charge in [-0.15, -0.1) is 0 Å². The Morgan fingerprint density at radius 3 is 2.34 bits per heavy atom. The van der Waals surface area contributed by atoms with E-state index in [9.17, 15) is 13.2 Å². The van der Waals surface area contributed by atoms with Crippen LogP contribution in [-0.4, -0.2) is 38.6 Å². The summed E-state index contributed by atoms with van der Waals surface area (Å²) >= 11 is 5.35. The molecule has 0 bridgehead atoms. The van der Waals surface area contributed by atoms with E-state index in [-0.39, 0.29) is 4.90 Å². The van der Waals surface area contributed by atoms with Crippen molar-refractivity contribution in [3.05, 3.63) is 71.4 Å². The van der Waals surface area contributed by atoms with Crippen molar-refractivity contribution < 1.29 is 17.9 Å². The van der Waals surface area contributed by atoms with Gasteiger partial charge in [0.15, 0.2) is 5.11 Å². The number of sulfonamides is 1. The molecule has 0 fully saturated rings. The number of benzene rings is 2. The lowest BCUT2D eigenvalue weighted by molar-refractivity contribution is -0.136. The van der Waals surface area contributed by atoms with E-state index in [0.717, 1.165) is 5.56 Å². The number of allylic oxidation sites excluding steroid dienone is 1. The highest BCUT2D eigenvalue weighted by Crippen LogP contribution is 2.31. The Labute approximate surface area is 175 Å². The first-order valence-corrected chi connectivity index (χ1v) is 10.6. The van der Waals surface area contributed by atoms with Gasteiger partial charge in [-0.2, -0.15) is 0 Å². The minimum atomic E-state index is -3.68. The van der Waals surface area contributed by atoms with E-state index in [1.807, 2.05) is 0 Å². The van der Waals surface area contributed by atoms with Crippen LogP contribution in [0.3, 0.4) is 0 Å². The molecule has 0 aliphatic carbocycles. The number of esters is 1. The van der Waals surface area contributed by atoms with E-state index >= 15 is 0 Å². The first kappa shape index (κ1) is 20.8. The molecule has 0 saturated heterocycles. The first-order chi connectivity index (χ1) is 13.7. The fourth-order valence-electron chi connectivity index (χ4n) is 3.02. The topological polar surface area (TPSA) is 87.7 Å². The summed E-state index contributed by atoms with van der Waals surface area (Å²) in [6.07, 6.45) is 0. The minimum absolute atomic E-state index is 0.179. The maximum atomic E-state index is 12.5. The number of anilines is 1. The van der Waals surface area contributed by atoms with Crippen LogP contribution in [0.1, 0.15) is 18.5 Å². The maximum absolute atomic E-state index is 12.5. The first-order valence-electron chi connectivity index (χ1n) is 8.75. The second kappa shape index (κ2) is 8.22. The molecule has 1 heterocycles. The summed E-state index contributed by atoms with van der Waals surface area (Å²) < 4.78 is 32.4. The number of rotatable bonds is 5. The van der Waals surface area contributed by atoms with Crippen molar-refractivity contribution in [1.82, 2.24) is 10.2 Å². The molecular weight excluding hydrogens is 410 g/mol. The van der Waals surface area contributed by atoms with Gasteiger partial charge in [0.05, 0.1) is 23.6 Å².